The summed E-state index contributed by atoms with van der Waals surface area (Å²) in [6.07, 6.45) is 0.287. The highest BCUT2D eigenvalue weighted by molar-refractivity contribution is 5.67. The van der Waals surface area contributed by atoms with Crippen molar-refractivity contribution in [3.05, 3.63) is 35.9 Å². The minimum absolute atomic E-state index is 0.131. The monoisotopic (exact) mass is 265 g/mol. The van der Waals surface area contributed by atoms with Crippen LogP contribution in [0.1, 0.15) is 18.4 Å². The van der Waals surface area contributed by atoms with Gasteiger partial charge in [0.05, 0.1) is 12.2 Å². The number of carbonyl (C=O) groups is 1. The molecule has 104 valence electrons. The molecule has 2 atom stereocenters. The maximum atomic E-state index is 11.5. The molecule has 1 aliphatic heterocycles. The van der Waals surface area contributed by atoms with Crippen molar-refractivity contribution >= 4 is 6.09 Å². The summed E-state index contributed by atoms with van der Waals surface area (Å²) in [6, 6.07) is 9.50. The molecular formula is C14H19NO4. The minimum atomic E-state index is -0.465. The first-order chi connectivity index (χ1) is 9.24. The van der Waals surface area contributed by atoms with Crippen molar-refractivity contribution in [2.45, 2.75) is 31.7 Å². The van der Waals surface area contributed by atoms with Crippen molar-refractivity contribution in [2.75, 3.05) is 13.2 Å². The lowest BCUT2D eigenvalue weighted by Gasteiger charge is -2.26. The lowest BCUT2D eigenvalue weighted by molar-refractivity contribution is -0.0416. The van der Waals surface area contributed by atoms with Crippen molar-refractivity contribution in [3.8, 4) is 0 Å². The molecule has 0 bridgehead atoms. The van der Waals surface area contributed by atoms with Gasteiger partial charge in [0, 0.05) is 19.6 Å². The lowest BCUT2D eigenvalue weighted by Crippen LogP contribution is -2.39. The molecule has 5 heteroatoms. The molecule has 0 radical (unpaired) electrons. The SMILES string of the molecule is O=C(NC[C@@H]1C[C@H](O)CCO1)OCc1ccccc1. The van der Waals surface area contributed by atoms with Gasteiger partial charge >= 0.3 is 6.09 Å². The zero-order valence-electron chi connectivity index (χ0n) is 10.7. The molecule has 0 saturated carbocycles. The van der Waals surface area contributed by atoms with E-state index in [0.717, 1.165) is 5.56 Å². The minimum Gasteiger partial charge on any atom is -0.445 e. The fourth-order valence-electron chi connectivity index (χ4n) is 1.97. The van der Waals surface area contributed by atoms with E-state index in [1.165, 1.54) is 0 Å². The summed E-state index contributed by atoms with van der Waals surface area (Å²) < 4.78 is 10.5. The van der Waals surface area contributed by atoms with Crippen molar-refractivity contribution in [2.24, 2.45) is 0 Å². The smallest absolute Gasteiger partial charge is 0.407 e. The van der Waals surface area contributed by atoms with E-state index in [4.69, 9.17) is 9.47 Å². The Kier molecular flexibility index (Phi) is 5.18. The molecule has 0 aliphatic carbocycles. The van der Waals surface area contributed by atoms with Crippen LogP contribution in [-0.4, -0.2) is 36.6 Å². The van der Waals surface area contributed by atoms with Crippen LogP contribution in [0, 0.1) is 0 Å². The molecule has 0 spiro atoms. The zero-order valence-corrected chi connectivity index (χ0v) is 10.7. The number of hydrogen-bond donors (Lipinski definition) is 2. The Labute approximate surface area is 112 Å². The highest BCUT2D eigenvalue weighted by atomic mass is 16.5. The summed E-state index contributed by atoms with van der Waals surface area (Å²) >= 11 is 0. The predicted octanol–water partition coefficient (Wildman–Crippen LogP) is 1.45. The second kappa shape index (κ2) is 7.11. The van der Waals surface area contributed by atoms with E-state index in [2.05, 4.69) is 5.32 Å². The summed E-state index contributed by atoms with van der Waals surface area (Å²) in [5.74, 6) is 0. The van der Waals surface area contributed by atoms with Crippen LogP contribution in [0.5, 0.6) is 0 Å². The van der Waals surface area contributed by atoms with Crippen molar-refractivity contribution in [3.63, 3.8) is 0 Å². The first kappa shape index (κ1) is 13.8. The quantitative estimate of drug-likeness (QED) is 0.864. The summed E-state index contributed by atoms with van der Waals surface area (Å²) in [7, 11) is 0. The lowest BCUT2D eigenvalue weighted by atomic mass is 10.1. The third-order valence-electron chi connectivity index (χ3n) is 3.03. The standard InChI is InChI=1S/C14H19NO4/c16-12-6-7-18-13(8-12)9-15-14(17)19-10-11-4-2-1-3-5-11/h1-5,12-13,16H,6-10H2,(H,15,17)/t12-,13+/m1/s1. The van der Waals surface area contributed by atoms with E-state index >= 15 is 0 Å². The number of carbonyl (C=O) groups excluding carboxylic acids is 1. The van der Waals surface area contributed by atoms with Gasteiger partial charge in [-0.25, -0.2) is 4.79 Å². The van der Waals surface area contributed by atoms with Crippen LogP contribution in [-0.2, 0) is 16.1 Å². The Morgan fingerprint density at radius 1 is 1.42 bits per heavy atom. The molecule has 5 nitrogen and oxygen atoms in total. The number of hydrogen-bond acceptors (Lipinski definition) is 4. The number of aliphatic hydroxyl groups is 1. The summed E-state index contributed by atoms with van der Waals surface area (Å²) in [6.45, 7) is 1.15. The number of nitrogens with one attached hydrogen (secondary N) is 1. The molecule has 19 heavy (non-hydrogen) atoms. The molecule has 1 aromatic carbocycles. The van der Waals surface area contributed by atoms with E-state index in [1.807, 2.05) is 30.3 Å². The fourth-order valence-corrected chi connectivity index (χ4v) is 1.97. The number of rotatable bonds is 4. The molecule has 2 N–H and O–H groups in total. The molecule has 0 aromatic heterocycles. The Morgan fingerprint density at radius 2 is 2.21 bits per heavy atom. The largest absolute Gasteiger partial charge is 0.445 e. The fraction of sp³-hybridized carbons (Fsp3) is 0.500. The molecule has 1 heterocycles. The van der Waals surface area contributed by atoms with Crippen LogP contribution in [0.15, 0.2) is 30.3 Å². The van der Waals surface area contributed by atoms with Gasteiger partial charge in [-0.1, -0.05) is 30.3 Å². The van der Waals surface area contributed by atoms with E-state index in [1.54, 1.807) is 0 Å². The predicted molar refractivity (Wildman–Crippen MR) is 69.6 cm³/mol. The average Bonchev–Trinajstić information content (AvgIpc) is 2.44. The second-order valence-corrected chi connectivity index (χ2v) is 4.61. The normalized spacial score (nSPS) is 22.8. The molecule has 1 amide bonds. The molecule has 2 rings (SSSR count). The maximum absolute atomic E-state index is 11.5. The number of amides is 1. The Bertz CT molecular complexity index is 396. The van der Waals surface area contributed by atoms with Gasteiger partial charge in [-0.05, 0) is 12.0 Å². The van der Waals surface area contributed by atoms with Crippen molar-refractivity contribution in [1.29, 1.82) is 0 Å². The van der Waals surface area contributed by atoms with E-state index in [-0.39, 0.29) is 18.8 Å². The highest BCUT2D eigenvalue weighted by Gasteiger charge is 2.21. The van der Waals surface area contributed by atoms with E-state index in [0.29, 0.717) is 26.0 Å². The first-order valence-electron chi connectivity index (χ1n) is 6.48. The van der Waals surface area contributed by atoms with E-state index in [9.17, 15) is 9.90 Å². The van der Waals surface area contributed by atoms with Crippen LogP contribution >= 0.6 is 0 Å². The van der Waals surface area contributed by atoms with Crippen molar-refractivity contribution in [1.82, 2.24) is 5.32 Å². The van der Waals surface area contributed by atoms with Crippen LogP contribution in [0.3, 0.4) is 0 Å². The van der Waals surface area contributed by atoms with Gasteiger partial charge < -0.3 is 19.9 Å². The van der Waals surface area contributed by atoms with Crippen molar-refractivity contribution < 1.29 is 19.4 Å². The Balaban J connectivity index is 1.64. The Morgan fingerprint density at radius 3 is 2.95 bits per heavy atom. The number of alkyl carbamates (subject to hydrolysis) is 1. The summed E-state index contributed by atoms with van der Waals surface area (Å²) in [5, 5.41) is 12.1. The van der Waals surface area contributed by atoms with Crippen LogP contribution in [0.4, 0.5) is 4.79 Å². The van der Waals surface area contributed by atoms with Crippen LogP contribution in [0.25, 0.3) is 0 Å². The highest BCUT2D eigenvalue weighted by Crippen LogP contribution is 2.12. The maximum Gasteiger partial charge on any atom is 0.407 e. The topological polar surface area (TPSA) is 67.8 Å². The molecular weight excluding hydrogens is 246 g/mol. The molecule has 0 unspecified atom stereocenters. The Hall–Kier alpha value is -1.59. The number of aliphatic hydroxyl groups excluding tert-OH is 1. The number of benzene rings is 1. The van der Waals surface area contributed by atoms with Gasteiger partial charge in [-0.15, -0.1) is 0 Å². The first-order valence-corrected chi connectivity index (χ1v) is 6.48. The van der Waals surface area contributed by atoms with Gasteiger partial charge in [0.1, 0.15) is 6.61 Å². The van der Waals surface area contributed by atoms with Gasteiger partial charge in [0.2, 0.25) is 0 Å². The zero-order chi connectivity index (χ0) is 13.5. The number of ether oxygens (including phenoxy) is 2. The molecule has 1 fully saturated rings. The van der Waals surface area contributed by atoms with Gasteiger partial charge in [-0.2, -0.15) is 0 Å². The average molecular weight is 265 g/mol. The molecule has 1 aromatic rings. The summed E-state index contributed by atoms with van der Waals surface area (Å²) in [4.78, 5) is 11.5. The van der Waals surface area contributed by atoms with Gasteiger partial charge in [0.15, 0.2) is 0 Å². The van der Waals surface area contributed by atoms with Crippen LogP contribution < -0.4 is 5.32 Å². The summed E-state index contributed by atoms with van der Waals surface area (Å²) in [5.41, 5.74) is 0.946. The third kappa shape index (κ3) is 4.89. The van der Waals surface area contributed by atoms with Gasteiger partial charge in [-0.3, -0.25) is 0 Å². The van der Waals surface area contributed by atoms with E-state index < -0.39 is 6.09 Å². The van der Waals surface area contributed by atoms with Crippen LogP contribution in [0.2, 0.25) is 0 Å². The third-order valence-corrected chi connectivity index (χ3v) is 3.03. The van der Waals surface area contributed by atoms with Gasteiger partial charge in [0.25, 0.3) is 0 Å². The molecule has 1 aliphatic rings. The second-order valence-electron chi connectivity index (χ2n) is 4.61. The molecule has 1 saturated heterocycles.